The number of nitrogens with zero attached hydrogens (tertiary/aromatic N) is 2. The first-order chi connectivity index (χ1) is 11.4. The van der Waals surface area contributed by atoms with Crippen LogP contribution in [0.4, 0.5) is 13.2 Å². The van der Waals surface area contributed by atoms with E-state index in [1.54, 1.807) is 24.3 Å². The largest absolute Gasteiger partial charge is 0.456 e. The van der Waals surface area contributed by atoms with Crippen LogP contribution in [-0.4, -0.2) is 15.9 Å². The van der Waals surface area contributed by atoms with Gasteiger partial charge in [-0.05, 0) is 18.2 Å². The number of ether oxygens (including phenoxy) is 1. The van der Waals surface area contributed by atoms with Gasteiger partial charge in [-0.1, -0.05) is 30.3 Å². The topological polar surface area (TPSA) is 52.1 Å². The van der Waals surface area contributed by atoms with Crippen molar-refractivity contribution in [2.45, 2.75) is 12.8 Å². The number of hydrogen-bond donors (Lipinski definition) is 0. The van der Waals surface area contributed by atoms with Crippen LogP contribution in [-0.2, 0) is 17.5 Å². The lowest BCUT2D eigenvalue weighted by Crippen LogP contribution is -2.13. The van der Waals surface area contributed by atoms with Gasteiger partial charge in [0, 0.05) is 5.56 Å². The first-order valence-electron chi connectivity index (χ1n) is 6.99. The van der Waals surface area contributed by atoms with Gasteiger partial charge in [0.15, 0.2) is 5.69 Å². The van der Waals surface area contributed by atoms with Gasteiger partial charge in [0.1, 0.15) is 6.61 Å². The Morgan fingerprint density at radius 3 is 2.42 bits per heavy atom. The third kappa shape index (κ3) is 3.34. The molecule has 0 atom stereocenters. The Kier molecular flexibility index (Phi) is 4.16. The fourth-order valence-electron chi connectivity index (χ4n) is 2.20. The second kappa shape index (κ2) is 6.27. The van der Waals surface area contributed by atoms with E-state index < -0.39 is 24.3 Å². The van der Waals surface area contributed by atoms with Crippen LogP contribution in [0, 0.1) is 0 Å². The van der Waals surface area contributed by atoms with E-state index in [9.17, 15) is 18.0 Å². The van der Waals surface area contributed by atoms with Gasteiger partial charge in [0.05, 0.1) is 22.8 Å². The maximum Gasteiger partial charge on any atom is 0.416 e. The Balaban J connectivity index is 1.78. The summed E-state index contributed by atoms with van der Waals surface area (Å²) in [4.78, 5) is 20.2. The fourth-order valence-corrected chi connectivity index (χ4v) is 2.20. The quantitative estimate of drug-likeness (QED) is 0.680. The predicted molar refractivity (Wildman–Crippen MR) is 80.1 cm³/mol. The summed E-state index contributed by atoms with van der Waals surface area (Å²) in [5, 5.41) is 0. The van der Waals surface area contributed by atoms with Crippen LogP contribution in [0.3, 0.4) is 0 Å². The number of carbonyl (C=O) groups is 1. The molecule has 0 bridgehead atoms. The maximum atomic E-state index is 12.9. The lowest BCUT2D eigenvalue weighted by atomic mass is 10.1. The molecule has 0 fully saturated rings. The fraction of sp³-hybridized carbons (Fsp3) is 0.118. The van der Waals surface area contributed by atoms with E-state index >= 15 is 0 Å². The van der Waals surface area contributed by atoms with Crippen molar-refractivity contribution in [1.29, 1.82) is 0 Å². The summed E-state index contributed by atoms with van der Waals surface area (Å²) in [6, 6.07) is 11.9. The Labute approximate surface area is 134 Å². The minimum absolute atomic E-state index is 0.0572. The second-order valence-corrected chi connectivity index (χ2v) is 4.97. The van der Waals surface area contributed by atoms with Crippen LogP contribution in [0.2, 0.25) is 0 Å². The lowest BCUT2D eigenvalue weighted by molar-refractivity contribution is -0.138. The molecule has 0 saturated carbocycles. The molecule has 7 heteroatoms. The zero-order chi connectivity index (χ0) is 17.2. The molecule has 1 heterocycles. The molecule has 122 valence electrons. The summed E-state index contributed by atoms with van der Waals surface area (Å²) in [5.74, 6) is -0.828. The molecule has 1 aromatic heterocycles. The van der Waals surface area contributed by atoms with E-state index in [0.29, 0.717) is 11.0 Å². The molecule has 24 heavy (non-hydrogen) atoms. The Bertz CT molecular complexity index is 894. The molecular weight excluding hydrogens is 321 g/mol. The van der Waals surface area contributed by atoms with Gasteiger partial charge in [0.25, 0.3) is 0 Å². The molecule has 3 aromatic rings. The van der Waals surface area contributed by atoms with E-state index in [1.165, 1.54) is 24.4 Å². The Morgan fingerprint density at radius 2 is 1.67 bits per heavy atom. The number of para-hydroxylation sites is 2. The molecule has 0 aliphatic heterocycles. The molecule has 0 spiro atoms. The average Bonchev–Trinajstić information content (AvgIpc) is 2.58. The van der Waals surface area contributed by atoms with Crippen molar-refractivity contribution in [3.8, 4) is 0 Å². The van der Waals surface area contributed by atoms with Crippen molar-refractivity contribution in [2.75, 3.05) is 0 Å². The number of fused-ring (bicyclic) bond motifs is 1. The zero-order valence-corrected chi connectivity index (χ0v) is 12.2. The van der Waals surface area contributed by atoms with Crippen LogP contribution < -0.4 is 0 Å². The van der Waals surface area contributed by atoms with E-state index in [1.807, 2.05) is 0 Å². The number of carbonyl (C=O) groups excluding carboxylic acids is 1. The van der Waals surface area contributed by atoms with Crippen molar-refractivity contribution >= 4 is 17.0 Å². The Hall–Kier alpha value is -2.96. The summed E-state index contributed by atoms with van der Waals surface area (Å²) >= 11 is 0. The molecule has 0 amide bonds. The molecule has 0 N–H and O–H groups in total. The van der Waals surface area contributed by atoms with Gasteiger partial charge in [-0.3, -0.25) is 4.98 Å². The highest BCUT2D eigenvalue weighted by Crippen LogP contribution is 2.32. The normalized spacial score (nSPS) is 11.5. The number of hydrogen-bond acceptors (Lipinski definition) is 4. The van der Waals surface area contributed by atoms with Crippen LogP contribution in [0.1, 0.15) is 21.6 Å². The summed E-state index contributed by atoms with van der Waals surface area (Å²) < 4.78 is 43.7. The van der Waals surface area contributed by atoms with Crippen LogP contribution in [0.25, 0.3) is 11.0 Å². The monoisotopic (exact) mass is 332 g/mol. The first-order valence-corrected chi connectivity index (χ1v) is 6.99. The van der Waals surface area contributed by atoms with Crippen molar-refractivity contribution in [3.63, 3.8) is 0 Å². The minimum atomic E-state index is -4.51. The van der Waals surface area contributed by atoms with Crippen LogP contribution >= 0.6 is 0 Å². The first kappa shape index (κ1) is 15.9. The van der Waals surface area contributed by atoms with E-state index in [2.05, 4.69) is 9.97 Å². The van der Waals surface area contributed by atoms with Gasteiger partial charge in [0.2, 0.25) is 0 Å². The predicted octanol–water partition coefficient (Wildman–Crippen LogP) is 4.01. The number of alkyl halides is 3. The van der Waals surface area contributed by atoms with E-state index in [0.717, 1.165) is 6.07 Å². The number of benzene rings is 2. The molecule has 0 aliphatic carbocycles. The highest BCUT2D eigenvalue weighted by atomic mass is 19.4. The Morgan fingerprint density at radius 1 is 1.00 bits per heavy atom. The van der Waals surface area contributed by atoms with Gasteiger partial charge in [-0.25, -0.2) is 9.78 Å². The lowest BCUT2D eigenvalue weighted by Gasteiger charge is -2.12. The number of rotatable bonds is 3. The maximum absolute atomic E-state index is 12.9. The highest BCUT2D eigenvalue weighted by molar-refractivity contribution is 5.89. The van der Waals surface area contributed by atoms with Crippen molar-refractivity contribution in [3.05, 3.63) is 71.5 Å². The average molecular weight is 332 g/mol. The third-order valence-electron chi connectivity index (χ3n) is 3.34. The molecule has 4 nitrogen and oxygen atoms in total. The smallest absolute Gasteiger partial charge is 0.416 e. The summed E-state index contributed by atoms with van der Waals surface area (Å²) in [5.41, 5.74) is 0.104. The van der Waals surface area contributed by atoms with Gasteiger partial charge in [-0.15, -0.1) is 0 Å². The van der Waals surface area contributed by atoms with Gasteiger partial charge < -0.3 is 4.74 Å². The summed E-state index contributed by atoms with van der Waals surface area (Å²) in [6.45, 7) is -0.497. The highest BCUT2D eigenvalue weighted by Gasteiger charge is 2.33. The van der Waals surface area contributed by atoms with Crippen LogP contribution in [0.5, 0.6) is 0 Å². The van der Waals surface area contributed by atoms with Crippen molar-refractivity contribution < 1.29 is 22.7 Å². The van der Waals surface area contributed by atoms with E-state index in [-0.39, 0.29) is 11.3 Å². The molecular formula is C17H11F3N2O2. The summed E-state index contributed by atoms with van der Waals surface area (Å²) in [6.07, 6.45) is -3.27. The minimum Gasteiger partial charge on any atom is -0.456 e. The number of esters is 1. The second-order valence-electron chi connectivity index (χ2n) is 4.97. The molecule has 0 radical (unpaired) electrons. The standard InChI is InChI=1S/C17H11F3N2O2/c18-17(19,20)12-6-2-1-5-11(12)10-24-16(23)15-9-21-13-7-3-4-8-14(13)22-15/h1-9H,10H2. The number of aromatic nitrogens is 2. The molecule has 3 rings (SSSR count). The molecule has 0 aliphatic rings. The van der Waals surface area contributed by atoms with Crippen LogP contribution in [0.15, 0.2) is 54.7 Å². The molecule has 2 aromatic carbocycles. The number of halogens is 3. The SMILES string of the molecule is O=C(OCc1ccccc1C(F)(F)F)c1cnc2ccccc2n1. The zero-order valence-electron chi connectivity index (χ0n) is 12.2. The van der Waals surface area contributed by atoms with Crippen molar-refractivity contribution in [1.82, 2.24) is 9.97 Å². The summed E-state index contributed by atoms with van der Waals surface area (Å²) in [7, 11) is 0. The van der Waals surface area contributed by atoms with E-state index in [4.69, 9.17) is 4.74 Å². The van der Waals surface area contributed by atoms with Crippen molar-refractivity contribution in [2.24, 2.45) is 0 Å². The third-order valence-corrected chi connectivity index (χ3v) is 3.34. The molecule has 0 saturated heterocycles. The molecule has 0 unspecified atom stereocenters. The van der Waals surface area contributed by atoms with Gasteiger partial charge in [-0.2, -0.15) is 13.2 Å². The van der Waals surface area contributed by atoms with Gasteiger partial charge >= 0.3 is 12.1 Å².